The van der Waals surface area contributed by atoms with Gasteiger partial charge in [0.05, 0.1) is 6.54 Å². The average Bonchev–Trinajstić information content (AvgIpc) is 3.01. The molecule has 16 nitrogen and oxygen atoms in total. The lowest BCUT2D eigenvalue weighted by Gasteiger charge is -2.27. The maximum absolute atomic E-state index is 13.7. The molecule has 2 aromatic carbocycles. The molecule has 0 aliphatic carbocycles. The fraction of sp³-hybridized carbons (Fsp3) is 0.414. The molecule has 254 valence electrons. The van der Waals surface area contributed by atoms with Gasteiger partial charge in [0.2, 0.25) is 29.5 Å². The number of benzene rings is 2. The largest absolute Gasteiger partial charge is 0.370 e. The van der Waals surface area contributed by atoms with E-state index in [-0.39, 0.29) is 55.8 Å². The number of rotatable bonds is 11. The van der Waals surface area contributed by atoms with Crippen LogP contribution in [0.5, 0.6) is 0 Å². The maximum atomic E-state index is 13.7. The first kappa shape index (κ1) is 36.8. The van der Waals surface area contributed by atoms with Crippen LogP contribution in [0.3, 0.4) is 0 Å². The van der Waals surface area contributed by atoms with Crippen molar-refractivity contribution in [3.63, 3.8) is 0 Å². The van der Waals surface area contributed by atoms with E-state index in [4.69, 9.17) is 28.7 Å². The highest BCUT2D eigenvalue weighted by Gasteiger charge is 2.32. The molecule has 18 heteroatoms. The van der Waals surface area contributed by atoms with Gasteiger partial charge in [-0.25, -0.2) is 0 Å². The number of hydrogen-bond donors (Lipinski definition) is 9. The van der Waals surface area contributed by atoms with Crippen molar-refractivity contribution in [1.82, 2.24) is 21.3 Å². The van der Waals surface area contributed by atoms with Crippen LogP contribution >= 0.6 is 21.6 Å². The van der Waals surface area contributed by atoms with Gasteiger partial charge < -0.3 is 49.9 Å². The summed E-state index contributed by atoms with van der Waals surface area (Å²) in [5, 5.41) is 12.7. The van der Waals surface area contributed by atoms with Gasteiger partial charge in [-0.15, -0.1) is 0 Å². The third-order valence-electron chi connectivity index (χ3n) is 6.96. The highest BCUT2D eigenvalue weighted by atomic mass is 33.1. The summed E-state index contributed by atoms with van der Waals surface area (Å²) >= 11 is 0. The summed E-state index contributed by atoms with van der Waals surface area (Å²) in [6.45, 7) is 0.194. The first-order valence-corrected chi connectivity index (χ1v) is 17.2. The van der Waals surface area contributed by atoms with Crippen LogP contribution in [0.1, 0.15) is 24.8 Å². The van der Waals surface area contributed by atoms with Crippen LogP contribution in [0.2, 0.25) is 0 Å². The number of fused-ring (bicyclic) bond motifs is 1. The number of carbonyl (C=O) groups excluding carboxylic acids is 5. The smallest absolute Gasteiger partial charge is 0.244 e. The van der Waals surface area contributed by atoms with Crippen LogP contribution in [0, 0.1) is 0 Å². The van der Waals surface area contributed by atoms with Gasteiger partial charge in [0.15, 0.2) is 11.9 Å². The first-order chi connectivity index (χ1) is 22.4. The van der Waals surface area contributed by atoms with E-state index in [0.29, 0.717) is 6.42 Å². The van der Waals surface area contributed by atoms with Gasteiger partial charge in [-0.05, 0) is 29.2 Å². The molecule has 5 amide bonds. The average molecular weight is 688 g/mol. The zero-order chi connectivity index (χ0) is 34.3. The minimum absolute atomic E-state index is 0.0127. The van der Waals surface area contributed by atoms with E-state index >= 15 is 0 Å². The lowest BCUT2D eigenvalue weighted by molar-refractivity contribution is -0.134. The summed E-state index contributed by atoms with van der Waals surface area (Å²) in [6.07, 6.45) is 0.407. The van der Waals surface area contributed by atoms with Gasteiger partial charge in [0, 0.05) is 30.9 Å². The van der Waals surface area contributed by atoms with Gasteiger partial charge in [0.25, 0.3) is 0 Å². The maximum Gasteiger partial charge on any atom is 0.244 e. The highest BCUT2D eigenvalue weighted by Crippen LogP contribution is 2.24. The van der Waals surface area contributed by atoms with Crippen LogP contribution in [0.4, 0.5) is 0 Å². The Morgan fingerprint density at radius 3 is 2.13 bits per heavy atom. The Labute approximate surface area is 279 Å². The predicted octanol–water partition coefficient (Wildman–Crippen LogP) is -2.08. The SMILES string of the molecule is NC(=O)[C@H]1CSSC[C@@H](NC(=O)CCN=C(N)N)C(=O)N[C@@H](CCCN=C(N)N)C(=O)N[C@@H](Cc2ccc3ccccc3c2)C(=O)N1. The molecule has 47 heavy (non-hydrogen) atoms. The second-order valence-electron chi connectivity index (χ2n) is 10.7. The highest BCUT2D eigenvalue weighted by molar-refractivity contribution is 8.76. The Morgan fingerprint density at radius 1 is 0.787 bits per heavy atom. The number of nitrogens with two attached hydrogens (primary N) is 5. The zero-order valence-corrected chi connectivity index (χ0v) is 27.3. The molecule has 0 spiro atoms. The topological polar surface area (TPSA) is 288 Å². The van der Waals surface area contributed by atoms with Crippen molar-refractivity contribution in [1.29, 1.82) is 0 Å². The summed E-state index contributed by atoms with van der Waals surface area (Å²) in [7, 11) is 2.37. The van der Waals surface area contributed by atoms with Gasteiger partial charge in [-0.1, -0.05) is 64.1 Å². The molecule has 1 aliphatic heterocycles. The minimum atomic E-state index is -1.13. The zero-order valence-electron chi connectivity index (χ0n) is 25.6. The van der Waals surface area contributed by atoms with Gasteiger partial charge >= 0.3 is 0 Å². The van der Waals surface area contributed by atoms with Crippen LogP contribution < -0.4 is 49.9 Å². The second-order valence-corrected chi connectivity index (χ2v) is 13.2. The summed E-state index contributed by atoms with van der Waals surface area (Å²) in [5.74, 6) is -3.33. The van der Waals surface area contributed by atoms with E-state index in [2.05, 4.69) is 31.3 Å². The molecule has 3 rings (SSSR count). The second kappa shape index (κ2) is 18.4. The van der Waals surface area contributed by atoms with Gasteiger partial charge in [-0.2, -0.15) is 0 Å². The molecular formula is C29H41N11O5S2. The molecule has 2 aromatic rings. The number of nitrogens with zero attached hydrogens (tertiary/aromatic N) is 2. The summed E-state index contributed by atoms with van der Waals surface area (Å²) < 4.78 is 0. The first-order valence-electron chi connectivity index (χ1n) is 14.8. The summed E-state index contributed by atoms with van der Waals surface area (Å²) in [4.78, 5) is 73.5. The van der Waals surface area contributed by atoms with E-state index in [1.807, 2.05) is 42.5 Å². The van der Waals surface area contributed by atoms with E-state index in [1.54, 1.807) is 0 Å². The Kier molecular flexibility index (Phi) is 14.4. The molecule has 4 atom stereocenters. The Hall–Kier alpha value is -4.71. The standard InChI is InChI=1S/C29H41N11O5S2/c30-24(42)21-14-46-47-15-22(37-23(41)9-11-36-29(33)34)27(45)38-19(6-3-10-35-28(31)32)25(43)39-20(26(44)40-21)13-16-7-8-17-4-1-2-5-18(17)12-16/h1-2,4-5,7-8,12,19-22H,3,6,9-11,13-15H2,(H2,30,42)(H,37,41)(H,38,45)(H,39,43)(H,40,44)(H4,31,32,35)(H4,33,34,36)/t19-,20-,21+,22+/m0/s1. The fourth-order valence-corrected chi connectivity index (χ4v) is 6.90. The molecule has 0 saturated carbocycles. The molecular weight excluding hydrogens is 647 g/mol. The molecule has 1 saturated heterocycles. The molecule has 14 N–H and O–H groups in total. The molecule has 1 aliphatic rings. The van der Waals surface area contributed by atoms with Crippen molar-refractivity contribution >= 4 is 73.8 Å². The van der Waals surface area contributed by atoms with Crippen LogP contribution in [0.15, 0.2) is 52.4 Å². The summed E-state index contributed by atoms with van der Waals surface area (Å²) in [6, 6.07) is 8.97. The van der Waals surface area contributed by atoms with Crippen molar-refractivity contribution in [2.24, 2.45) is 38.7 Å². The minimum Gasteiger partial charge on any atom is -0.370 e. The monoisotopic (exact) mass is 687 g/mol. The number of guanidine groups is 2. The molecule has 0 unspecified atom stereocenters. The normalized spacial score (nSPS) is 20.9. The lowest BCUT2D eigenvalue weighted by atomic mass is 10.00. The van der Waals surface area contributed by atoms with E-state index < -0.39 is 53.7 Å². The Balaban J connectivity index is 1.90. The van der Waals surface area contributed by atoms with Gasteiger partial charge in [0.1, 0.15) is 24.2 Å². The molecule has 0 bridgehead atoms. The van der Waals surface area contributed by atoms with E-state index in [9.17, 15) is 24.0 Å². The fourth-order valence-electron chi connectivity index (χ4n) is 4.56. The quantitative estimate of drug-likeness (QED) is 0.0535. The van der Waals surface area contributed by atoms with Crippen molar-refractivity contribution < 1.29 is 24.0 Å². The lowest BCUT2D eigenvalue weighted by Crippen LogP contribution is -2.59. The number of primary amides is 1. The van der Waals surface area contributed by atoms with Crippen molar-refractivity contribution in [2.45, 2.75) is 49.9 Å². The van der Waals surface area contributed by atoms with E-state index in [0.717, 1.165) is 16.3 Å². The molecule has 0 radical (unpaired) electrons. The molecule has 1 fully saturated rings. The number of amides is 5. The van der Waals surface area contributed by atoms with Crippen LogP contribution in [-0.2, 0) is 30.4 Å². The Morgan fingerprint density at radius 2 is 1.43 bits per heavy atom. The third-order valence-corrected chi connectivity index (χ3v) is 9.38. The van der Waals surface area contributed by atoms with Crippen LogP contribution in [-0.4, -0.2) is 90.2 Å². The number of carbonyl (C=O) groups is 5. The van der Waals surface area contributed by atoms with Gasteiger partial charge in [-0.3, -0.25) is 34.0 Å². The summed E-state index contributed by atoms with van der Waals surface area (Å²) in [5.41, 5.74) is 27.9. The molecule has 1 heterocycles. The Bertz CT molecular complexity index is 1500. The van der Waals surface area contributed by atoms with Crippen LogP contribution in [0.25, 0.3) is 10.8 Å². The van der Waals surface area contributed by atoms with E-state index in [1.165, 1.54) is 21.6 Å². The van der Waals surface area contributed by atoms with Crippen molar-refractivity contribution in [3.8, 4) is 0 Å². The number of hydrogen-bond acceptors (Lipinski definition) is 9. The van der Waals surface area contributed by atoms with Crippen molar-refractivity contribution in [2.75, 3.05) is 24.6 Å². The number of aliphatic imine (C=N–C) groups is 2. The number of nitrogens with one attached hydrogen (secondary N) is 4. The third kappa shape index (κ3) is 12.5. The predicted molar refractivity (Wildman–Crippen MR) is 185 cm³/mol. The molecule has 0 aromatic heterocycles. The van der Waals surface area contributed by atoms with Crippen molar-refractivity contribution in [3.05, 3.63) is 48.0 Å².